The molecular weight excluding hydrogens is 676 g/mol. The molecule has 1 saturated carbocycles. The number of methoxy groups -OCH3 is 1. The Balaban J connectivity index is 1.05. The lowest BCUT2D eigenvalue weighted by Crippen LogP contribution is -2.33. The molecule has 1 aromatic carbocycles. The van der Waals surface area contributed by atoms with Crippen molar-refractivity contribution in [3.63, 3.8) is 0 Å². The number of nitrogens with zero attached hydrogens (tertiary/aromatic N) is 3. The Morgan fingerprint density at radius 3 is 1.83 bits per heavy atom. The van der Waals surface area contributed by atoms with Gasteiger partial charge in [-0.3, -0.25) is 14.3 Å². The van der Waals surface area contributed by atoms with Crippen LogP contribution in [0.2, 0.25) is 0 Å². The Hall–Kier alpha value is -3.70. The third-order valence-corrected chi connectivity index (χ3v) is 8.52. The number of rotatable bonds is 26. The first kappa shape index (κ1) is 41.1. The van der Waals surface area contributed by atoms with Crippen LogP contribution in [0.15, 0.2) is 39.9 Å². The minimum Gasteiger partial charge on any atom is -0.460 e. The molecule has 0 spiro atoms. The van der Waals surface area contributed by atoms with Crippen LogP contribution in [-0.2, 0) is 56.3 Å². The molecule has 0 saturated heterocycles. The molecule has 3 aromatic rings. The second-order valence-corrected chi connectivity index (χ2v) is 12.3. The Morgan fingerprint density at radius 1 is 0.769 bits per heavy atom. The van der Waals surface area contributed by atoms with Crippen molar-refractivity contribution in [2.75, 3.05) is 99.6 Å². The van der Waals surface area contributed by atoms with Gasteiger partial charge in [-0.05, 0) is 30.4 Å². The summed E-state index contributed by atoms with van der Waals surface area (Å²) >= 11 is 0. The van der Waals surface area contributed by atoms with Gasteiger partial charge >= 0.3 is 11.7 Å². The summed E-state index contributed by atoms with van der Waals surface area (Å²) in [5.41, 5.74) is 1.46. The highest BCUT2D eigenvalue weighted by Gasteiger charge is 2.21. The Bertz CT molecular complexity index is 1610. The standard InChI is InChI=1S/C37H54N4O11/c1-40-33-35(41(37(44)39-36(33)43)28-30-6-4-3-5-7-30)38-34(40)31-11-8-29(9-12-31)10-13-32(42)52-27-26-51-25-24-50-23-22-49-21-20-48-19-18-47-17-16-46-15-14-45-2/h8-13,30H,3-7,14-28H2,1-2H3,(H,39,43,44). The lowest BCUT2D eigenvalue weighted by molar-refractivity contribution is -0.139. The zero-order valence-corrected chi connectivity index (χ0v) is 30.5. The first-order chi connectivity index (χ1) is 25.5. The molecule has 1 aliphatic rings. The molecule has 2 heterocycles. The number of aryl methyl sites for hydroxylation is 1. The molecule has 4 rings (SSSR count). The summed E-state index contributed by atoms with van der Waals surface area (Å²) in [5, 5.41) is 0. The van der Waals surface area contributed by atoms with E-state index in [1.54, 1.807) is 29.4 Å². The van der Waals surface area contributed by atoms with Crippen molar-refractivity contribution in [1.82, 2.24) is 19.1 Å². The van der Waals surface area contributed by atoms with Crippen LogP contribution >= 0.6 is 0 Å². The van der Waals surface area contributed by atoms with Crippen LogP contribution in [0, 0.1) is 5.92 Å². The smallest absolute Gasteiger partial charge is 0.330 e. The van der Waals surface area contributed by atoms with Gasteiger partial charge in [-0.25, -0.2) is 14.6 Å². The summed E-state index contributed by atoms with van der Waals surface area (Å²) in [5.74, 6) is 0.491. The van der Waals surface area contributed by atoms with Crippen LogP contribution in [0.25, 0.3) is 28.6 Å². The highest BCUT2D eigenvalue weighted by atomic mass is 16.6. The van der Waals surface area contributed by atoms with Crippen LogP contribution in [0.3, 0.4) is 0 Å². The minimum atomic E-state index is -0.480. The van der Waals surface area contributed by atoms with Crippen LogP contribution < -0.4 is 11.2 Å². The maximum absolute atomic E-state index is 12.8. The topological polar surface area (TPSA) is 164 Å². The number of H-pyrrole nitrogens is 1. The summed E-state index contributed by atoms with van der Waals surface area (Å²) in [6.07, 6.45) is 8.70. The molecule has 288 valence electrons. The molecule has 15 nitrogen and oxygen atoms in total. The van der Waals surface area contributed by atoms with Crippen LogP contribution in [0.4, 0.5) is 0 Å². The number of aromatic amines is 1. The predicted molar refractivity (Wildman–Crippen MR) is 194 cm³/mol. The first-order valence-corrected chi connectivity index (χ1v) is 18.1. The lowest BCUT2D eigenvalue weighted by atomic mass is 9.89. The van der Waals surface area contributed by atoms with Crippen molar-refractivity contribution >= 4 is 23.2 Å². The monoisotopic (exact) mass is 730 g/mol. The molecule has 0 radical (unpaired) electrons. The second kappa shape index (κ2) is 23.8. The van der Waals surface area contributed by atoms with E-state index in [1.807, 2.05) is 24.3 Å². The number of carbonyl (C=O) groups excluding carboxylic acids is 1. The number of hydrogen-bond donors (Lipinski definition) is 1. The average Bonchev–Trinajstić information content (AvgIpc) is 3.50. The fourth-order valence-electron chi connectivity index (χ4n) is 5.80. The summed E-state index contributed by atoms with van der Waals surface area (Å²) in [6.45, 7) is 6.76. The Kier molecular flexibility index (Phi) is 18.8. The van der Waals surface area contributed by atoms with Crippen molar-refractivity contribution in [3.05, 3.63) is 56.7 Å². The number of aromatic nitrogens is 4. The van der Waals surface area contributed by atoms with Crippen molar-refractivity contribution < 1.29 is 42.7 Å². The van der Waals surface area contributed by atoms with Gasteiger partial charge in [0.05, 0.1) is 85.9 Å². The molecule has 52 heavy (non-hydrogen) atoms. The molecule has 1 aliphatic carbocycles. The number of nitrogens with one attached hydrogen (secondary N) is 1. The molecule has 0 unspecified atom stereocenters. The van der Waals surface area contributed by atoms with E-state index in [0.29, 0.717) is 109 Å². The molecule has 0 atom stereocenters. The molecule has 0 aliphatic heterocycles. The zero-order chi connectivity index (χ0) is 36.8. The number of carbonyl (C=O) groups is 1. The summed E-state index contributed by atoms with van der Waals surface area (Å²) < 4.78 is 46.0. The van der Waals surface area contributed by atoms with Gasteiger partial charge in [0.15, 0.2) is 11.2 Å². The molecule has 2 aromatic heterocycles. The minimum absolute atomic E-state index is 0.121. The third kappa shape index (κ3) is 14.0. The fourth-order valence-corrected chi connectivity index (χ4v) is 5.80. The van der Waals surface area contributed by atoms with E-state index in [1.165, 1.54) is 12.5 Å². The van der Waals surface area contributed by atoms with Gasteiger partial charge in [0.1, 0.15) is 12.4 Å². The van der Waals surface area contributed by atoms with E-state index in [-0.39, 0.29) is 13.2 Å². The SMILES string of the molecule is COCCOCCOCCOCCOCCOCCOCCOC(=O)C=Cc1ccc(-c2nc3c(c(=O)[nH]c(=O)n3CC3CCCCC3)n2C)cc1. The lowest BCUT2D eigenvalue weighted by Gasteiger charge is -2.22. The van der Waals surface area contributed by atoms with Crippen molar-refractivity contribution in [3.8, 4) is 11.4 Å². The van der Waals surface area contributed by atoms with Crippen LogP contribution in [0.1, 0.15) is 37.7 Å². The third-order valence-electron chi connectivity index (χ3n) is 8.52. The largest absolute Gasteiger partial charge is 0.460 e. The molecular formula is C37H54N4O11. The van der Waals surface area contributed by atoms with Gasteiger partial charge in [-0.2, -0.15) is 0 Å². The Labute approximate surface area is 304 Å². The summed E-state index contributed by atoms with van der Waals surface area (Å²) in [4.78, 5) is 44.9. The molecule has 15 heteroatoms. The van der Waals surface area contributed by atoms with Gasteiger partial charge in [0.2, 0.25) is 0 Å². The van der Waals surface area contributed by atoms with E-state index in [4.69, 9.17) is 42.9 Å². The van der Waals surface area contributed by atoms with E-state index in [9.17, 15) is 14.4 Å². The van der Waals surface area contributed by atoms with Crippen LogP contribution in [0.5, 0.6) is 0 Å². The Morgan fingerprint density at radius 2 is 1.29 bits per heavy atom. The van der Waals surface area contributed by atoms with Crippen molar-refractivity contribution in [2.45, 2.75) is 38.6 Å². The van der Waals surface area contributed by atoms with Crippen molar-refractivity contribution in [1.29, 1.82) is 0 Å². The van der Waals surface area contributed by atoms with E-state index < -0.39 is 17.2 Å². The van der Waals surface area contributed by atoms with Gasteiger partial charge in [0, 0.05) is 32.3 Å². The maximum Gasteiger partial charge on any atom is 0.330 e. The molecule has 0 amide bonds. The average molecular weight is 731 g/mol. The predicted octanol–water partition coefficient (Wildman–Crippen LogP) is 2.97. The fraction of sp³-hybridized carbons (Fsp3) is 0.622. The van der Waals surface area contributed by atoms with Gasteiger partial charge in [-0.15, -0.1) is 0 Å². The molecule has 1 fully saturated rings. The normalized spacial score (nSPS) is 13.8. The van der Waals surface area contributed by atoms with Gasteiger partial charge in [-0.1, -0.05) is 43.5 Å². The highest BCUT2D eigenvalue weighted by molar-refractivity contribution is 5.87. The number of imidazole rings is 1. The first-order valence-electron chi connectivity index (χ1n) is 18.1. The number of ether oxygens (including phenoxy) is 8. The van der Waals surface area contributed by atoms with Crippen molar-refractivity contribution in [2.24, 2.45) is 13.0 Å². The summed E-state index contributed by atoms with van der Waals surface area (Å²) in [7, 11) is 3.41. The molecule has 1 N–H and O–H groups in total. The van der Waals surface area contributed by atoms with E-state index in [0.717, 1.165) is 36.8 Å². The number of hydrogen-bond acceptors (Lipinski definition) is 12. The molecule has 0 bridgehead atoms. The quantitative estimate of drug-likeness (QED) is 0.0731. The van der Waals surface area contributed by atoms with E-state index >= 15 is 0 Å². The zero-order valence-electron chi connectivity index (χ0n) is 30.5. The number of esters is 1. The summed E-state index contributed by atoms with van der Waals surface area (Å²) in [6, 6.07) is 7.43. The van der Waals surface area contributed by atoms with E-state index in [2.05, 4.69) is 4.98 Å². The number of fused-ring (bicyclic) bond motifs is 1. The van der Waals surface area contributed by atoms with Gasteiger partial charge in [0.25, 0.3) is 5.56 Å². The van der Waals surface area contributed by atoms with Gasteiger partial charge < -0.3 is 42.5 Å². The maximum atomic E-state index is 12.8. The van der Waals surface area contributed by atoms with Crippen LogP contribution in [-0.4, -0.2) is 125 Å². The second-order valence-electron chi connectivity index (χ2n) is 12.3. The highest BCUT2D eigenvalue weighted by Crippen LogP contribution is 2.27. The number of benzene rings is 1.